The molecular weight excluding hydrogens is 262 g/mol. The molecule has 0 aromatic heterocycles. The lowest BCUT2D eigenvalue weighted by atomic mass is 9.79. The Balaban J connectivity index is 2.52. The third-order valence-corrected chi connectivity index (χ3v) is 3.46. The lowest BCUT2D eigenvalue weighted by Crippen LogP contribution is -2.47. The molecule has 0 spiro atoms. The van der Waals surface area contributed by atoms with Crippen molar-refractivity contribution in [1.29, 1.82) is 0 Å². The van der Waals surface area contributed by atoms with Crippen molar-refractivity contribution >= 4 is 6.09 Å². The normalized spacial score (nSPS) is 20.8. The van der Waals surface area contributed by atoms with Crippen LogP contribution in [0.25, 0.3) is 0 Å². The molecule has 2 N–H and O–H groups in total. The highest BCUT2D eigenvalue weighted by molar-refractivity contribution is 5.70. The van der Waals surface area contributed by atoms with Crippen LogP contribution in [0.4, 0.5) is 4.79 Å². The summed E-state index contributed by atoms with van der Waals surface area (Å²) in [6, 6.07) is 2.76. The van der Waals surface area contributed by atoms with Crippen molar-refractivity contribution < 1.29 is 24.1 Å². The van der Waals surface area contributed by atoms with Crippen LogP contribution in [0, 0.1) is 5.41 Å². The summed E-state index contributed by atoms with van der Waals surface area (Å²) in [6.07, 6.45) is -0.508. The van der Waals surface area contributed by atoms with E-state index >= 15 is 0 Å². The van der Waals surface area contributed by atoms with E-state index in [2.05, 4.69) is 5.32 Å². The monoisotopic (exact) mass is 281 g/mol. The molecule has 0 saturated carbocycles. The Morgan fingerprint density at radius 1 is 1.35 bits per heavy atom. The van der Waals surface area contributed by atoms with Crippen molar-refractivity contribution in [3.8, 4) is 17.2 Å². The maximum absolute atomic E-state index is 11.5. The summed E-state index contributed by atoms with van der Waals surface area (Å²) >= 11 is 0. The molecular formula is C14H19NO5. The van der Waals surface area contributed by atoms with E-state index in [-0.39, 0.29) is 17.8 Å². The van der Waals surface area contributed by atoms with Crippen molar-refractivity contribution in [3.63, 3.8) is 0 Å². The van der Waals surface area contributed by atoms with E-state index in [1.54, 1.807) is 6.07 Å². The van der Waals surface area contributed by atoms with Crippen LogP contribution in [-0.4, -0.2) is 32.0 Å². The maximum atomic E-state index is 11.5. The van der Waals surface area contributed by atoms with Crippen molar-refractivity contribution in [2.45, 2.75) is 19.9 Å². The quantitative estimate of drug-likeness (QED) is 0.888. The molecule has 0 aliphatic carbocycles. The van der Waals surface area contributed by atoms with Crippen LogP contribution in [-0.2, 0) is 4.74 Å². The molecule has 1 aliphatic heterocycles. The molecule has 6 heteroatoms. The number of hydrogen-bond donors (Lipinski definition) is 2. The zero-order chi connectivity index (χ0) is 14.9. The van der Waals surface area contributed by atoms with E-state index in [1.165, 1.54) is 20.3 Å². The Hall–Kier alpha value is -2.11. The summed E-state index contributed by atoms with van der Waals surface area (Å²) in [5.74, 6) is 0.961. The number of rotatable bonds is 3. The Bertz CT molecular complexity index is 527. The summed E-state index contributed by atoms with van der Waals surface area (Å²) in [5, 5.41) is 13.0. The van der Waals surface area contributed by atoms with Crippen LogP contribution in [0.5, 0.6) is 17.2 Å². The van der Waals surface area contributed by atoms with Gasteiger partial charge in [-0.05, 0) is 0 Å². The Morgan fingerprint density at radius 3 is 2.65 bits per heavy atom. The summed E-state index contributed by atoms with van der Waals surface area (Å²) in [7, 11) is 3.01. The van der Waals surface area contributed by atoms with Crippen molar-refractivity contribution in [2.75, 3.05) is 20.8 Å². The molecule has 1 aliphatic rings. The molecule has 2 rings (SSSR count). The standard InChI is InChI=1S/C14H19NO5/c1-14(2)7-20-13(17)15-12(14)11-9(16)5-8(18-3)6-10(11)19-4/h5-6,12,16H,7H2,1-4H3,(H,15,17)/t12-/m0/s1. The second-order valence-corrected chi connectivity index (χ2v) is 5.40. The average Bonchev–Trinajstić information content (AvgIpc) is 2.41. The SMILES string of the molecule is COc1cc(O)c([C@@H]2NC(=O)OCC2(C)C)c(OC)c1. The number of hydrogen-bond acceptors (Lipinski definition) is 5. The largest absolute Gasteiger partial charge is 0.507 e. The molecule has 1 fully saturated rings. The van der Waals surface area contributed by atoms with Gasteiger partial charge >= 0.3 is 6.09 Å². The highest BCUT2D eigenvalue weighted by Crippen LogP contribution is 2.45. The number of nitrogens with one attached hydrogen (secondary N) is 1. The maximum Gasteiger partial charge on any atom is 0.407 e. The number of cyclic esters (lactones) is 1. The number of phenols is 1. The minimum absolute atomic E-state index is 0.0153. The predicted molar refractivity (Wildman–Crippen MR) is 72.2 cm³/mol. The van der Waals surface area contributed by atoms with Gasteiger partial charge in [0.15, 0.2) is 0 Å². The predicted octanol–water partition coefficient (Wildman–Crippen LogP) is 2.22. The molecule has 1 saturated heterocycles. The van der Waals surface area contributed by atoms with Crippen molar-refractivity contribution in [3.05, 3.63) is 17.7 Å². The first kappa shape index (κ1) is 14.3. The van der Waals surface area contributed by atoms with Crippen LogP contribution in [0.2, 0.25) is 0 Å². The van der Waals surface area contributed by atoms with E-state index in [4.69, 9.17) is 14.2 Å². The number of amides is 1. The molecule has 6 nitrogen and oxygen atoms in total. The van der Waals surface area contributed by atoms with Crippen LogP contribution >= 0.6 is 0 Å². The van der Waals surface area contributed by atoms with Crippen LogP contribution in [0.15, 0.2) is 12.1 Å². The van der Waals surface area contributed by atoms with Crippen LogP contribution in [0.3, 0.4) is 0 Å². The topological polar surface area (TPSA) is 77.0 Å². The van der Waals surface area contributed by atoms with Crippen LogP contribution < -0.4 is 14.8 Å². The van der Waals surface area contributed by atoms with Crippen molar-refractivity contribution in [2.24, 2.45) is 5.41 Å². The average molecular weight is 281 g/mol. The fourth-order valence-electron chi connectivity index (χ4n) is 2.32. The van der Waals surface area contributed by atoms with Gasteiger partial charge in [0.25, 0.3) is 0 Å². The lowest BCUT2D eigenvalue weighted by Gasteiger charge is -2.39. The summed E-state index contributed by atoms with van der Waals surface area (Å²) in [4.78, 5) is 11.5. The summed E-state index contributed by atoms with van der Waals surface area (Å²) in [6.45, 7) is 4.15. The molecule has 0 radical (unpaired) electrons. The van der Waals surface area contributed by atoms with Gasteiger partial charge in [0, 0.05) is 17.5 Å². The first-order valence-electron chi connectivity index (χ1n) is 6.27. The summed E-state index contributed by atoms with van der Waals surface area (Å²) in [5.41, 5.74) is 0.141. The number of carbonyl (C=O) groups excluding carboxylic acids is 1. The Kier molecular flexibility index (Phi) is 3.65. The third-order valence-electron chi connectivity index (χ3n) is 3.46. The molecule has 1 aromatic carbocycles. The Labute approximate surface area is 117 Å². The number of phenolic OH excluding ortho intramolecular Hbond substituents is 1. The number of alkyl carbamates (subject to hydrolysis) is 1. The van der Waals surface area contributed by atoms with E-state index in [0.717, 1.165) is 0 Å². The van der Waals surface area contributed by atoms with Gasteiger partial charge in [0.05, 0.1) is 25.8 Å². The van der Waals surface area contributed by atoms with Gasteiger partial charge in [-0.1, -0.05) is 13.8 Å². The molecule has 1 atom stereocenters. The highest BCUT2D eigenvalue weighted by Gasteiger charge is 2.41. The zero-order valence-electron chi connectivity index (χ0n) is 12.0. The van der Waals surface area contributed by atoms with E-state index in [0.29, 0.717) is 17.1 Å². The van der Waals surface area contributed by atoms with Gasteiger partial charge in [-0.2, -0.15) is 0 Å². The number of methoxy groups -OCH3 is 2. The van der Waals surface area contributed by atoms with E-state index in [1.807, 2.05) is 13.8 Å². The van der Waals surface area contributed by atoms with Crippen molar-refractivity contribution in [1.82, 2.24) is 5.32 Å². The molecule has 20 heavy (non-hydrogen) atoms. The second kappa shape index (κ2) is 5.11. The summed E-state index contributed by atoms with van der Waals surface area (Å²) < 4.78 is 15.4. The van der Waals surface area contributed by atoms with Gasteiger partial charge in [-0.15, -0.1) is 0 Å². The molecule has 1 amide bonds. The van der Waals surface area contributed by atoms with Crippen LogP contribution in [0.1, 0.15) is 25.5 Å². The van der Waals surface area contributed by atoms with Gasteiger partial charge in [-0.25, -0.2) is 4.79 Å². The van der Waals surface area contributed by atoms with E-state index < -0.39 is 12.1 Å². The molecule has 1 heterocycles. The van der Waals surface area contributed by atoms with Gasteiger partial charge in [0.2, 0.25) is 0 Å². The Morgan fingerprint density at radius 2 is 2.05 bits per heavy atom. The third kappa shape index (κ3) is 2.45. The number of carbonyl (C=O) groups is 1. The number of aromatic hydroxyl groups is 1. The smallest absolute Gasteiger partial charge is 0.407 e. The highest BCUT2D eigenvalue weighted by atomic mass is 16.6. The lowest BCUT2D eigenvalue weighted by molar-refractivity contribution is 0.0374. The minimum Gasteiger partial charge on any atom is -0.507 e. The molecule has 0 bridgehead atoms. The molecule has 0 unspecified atom stereocenters. The fraction of sp³-hybridized carbons (Fsp3) is 0.500. The number of ether oxygens (including phenoxy) is 3. The second-order valence-electron chi connectivity index (χ2n) is 5.40. The first-order valence-corrected chi connectivity index (χ1v) is 6.27. The molecule has 110 valence electrons. The zero-order valence-corrected chi connectivity index (χ0v) is 12.0. The number of benzene rings is 1. The van der Waals surface area contributed by atoms with Gasteiger partial charge < -0.3 is 24.6 Å². The molecule has 1 aromatic rings. The van der Waals surface area contributed by atoms with E-state index in [9.17, 15) is 9.90 Å². The van der Waals surface area contributed by atoms with Gasteiger partial charge in [-0.3, -0.25) is 0 Å². The minimum atomic E-state index is -0.508. The first-order chi connectivity index (χ1) is 9.39. The van der Waals surface area contributed by atoms with Gasteiger partial charge in [0.1, 0.15) is 23.9 Å². The fourth-order valence-corrected chi connectivity index (χ4v) is 2.32.